The Balaban J connectivity index is 2.59. The number of hydrogen-bond acceptors (Lipinski definition) is 3. The number of Topliss-reactive ketones (excluding diaryl/α,β-unsaturated/α-hetero) is 1. The molecule has 1 atom stereocenters. The second kappa shape index (κ2) is 5.69. The first-order valence-electron chi connectivity index (χ1n) is 5.44. The maximum absolute atomic E-state index is 11.6. The predicted octanol–water partition coefficient (Wildman–Crippen LogP) is 2.11. The maximum atomic E-state index is 11.6. The van der Waals surface area contributed by atoms with E-state index in [1.807, 2.05) is 0 Å². The van der Waals surface area contributed by atoms with Gasteiger partial charge < -0.3 is 4.74 Å². The highest BCUT2D eigenvalue weighted by Gasteiger charge is 2.35. The molecule has 1 fully saturated rings. The summed E-state index contributed by atoms with van der Waals surface area (Å²) >= 11 is 0. The number of esters is 1. The molecule has 0 amide bonds. The summed E-state index contributed by atoms with van der Waals surface area (Å²) in [5.74, 6) is -0.808. The molecule has 0 N–H and O–H groups in total. The minimum Gasteiger partial charge on any atom is -0.461 e. The van der Waals surface area contributed by atoms with Crippen LogP contribution in [0.1, 0.15) is 32.6 Å². The van der Waals surface area contributed by atoms with Gasteiger partial charge in [0, 0.05) is 0 Å². The highest BCUT2D eigenvalue weighted by molar-refractivity contribution is 5.98. The Hall–Kier alpha value is -1.12. The molecule has 0 aromatic heterocycles. The van der Waals surface area contributed by atoms with Crippen molar-refractivity contribution < 1.29 is 14.3 Å². The Labute approximate surface area is 90.5 Å². The quantitative estimate of drug-likeness (QED) is 0.396. The van der Waals surface area contributed by atoms with Gasteiger partial charge in [-0.15, -0.1) is 0 Å². The Morgan fingerprint density at radius 1 is 1.47 bits per heavy atom. The average molecular weight is 210 g/mol. The van der Waals surface area contributed by atoms with Gasteiger partial charge in [0.1, 0.15) is 18.3 Å². The summed E-state index contributed by atoms with van der Waals surface area (Å²) in [5, 5.41) is 0. The number of ketones is 1. The van der Waals surface area contributed by atoms with E-state index in [0.717, 1.165) is 25.7 Å². The lowest BCUT2D eigenvalue weighted by Crippen LogP contribution is -2.30. The van der Waals surface area contributed by atoms with Crippen molar-refractivity contribution in [2.75, 3.05) is 6.61 Å². The molecule has 0 aliphatic heterocycles. The van der Waals surface area contributed by atoms with Crippen LogP contribution in [0.15, 0.2) is 12.7 Å². The van der Waals surface area contributed by atoms with Crippen LogP contribution in [0.2, 0.25) is 0 Å². The van der Waals surface area contributed by atoms with Gasteiger partial charge in [0.2, 0.25) is 0 Å². The standard InChI is InChI=1S/C12H18O3/c1-3-8-15-12(14)11(9(2)13)10-6-4-5-7-10/h3,10-11H,1,4-8H2,2H3. The first-order chi connectivity index (χ1) is 7.16. The van der Waals surface area contributed by atoms with E-state index >= 15 is 0 Å². The molecule has 0 bridgehead atoms. The number of carbonyl (C=O) groups excluding carboxylic acids is 2. The molecule has 1 aliphatic rings. The Morgan fingerprint density at radius 3 is 2.53 bits per heavy atom. The fourth-order valence-corrected chi connectivity index (χ4v) is 2.21. The van der Waals surface area contributed by atoms with Crippen LogP contribution in [0, 0.1) is 11.8 Å². The Bertz CT molecular complexity index is 252. The molecule has 1 aliphatic carbocycles. The summed E-state index contributed by atoms with van der Waals surface area (Å²) in [4.78, 5) is 23.0. The van der Waals surface area contributed by atoms with Crippen molar-refractivity contribution in [1.29, 1.82) is 0 Å². The fraction of sp³-hybridized carbons (Fsp3) is 0.667. The highest BCUT2D eigenvalue weighted by atomic mass is 16.5. The van der Waals surface area contributed by atoms with E-state index in [-0.39, 0.29) is 24.3 Å². The average Bonchev–Trinajstić information content (AvgIpc) is 2.67. The molecule has 15 heavy (non-hydrogen) atoms. The van der Waals surface area contributed by atoms with Crippen molar-refractivity contribution in [3.8, 4) is 0 Å². The van der Waals surface area contributed by atoms with Crippen molar-refractivity contribution in [1.82, 2.24) is 0 Å². The van der Waals surface area contributed by atoms with Crippen LogP contribution in [-0.2, 0) is 14.3 Å². The summed E-state index contributed by atoms with van der Waals surface area (Å²) < 4.78 is 4.95. The molecule has 0 radical (unpaired) electrons. The monoisotopic (exact) mass is 210 g/mol. The fourth-order valence-electron chi connectivity index (χ4n) is 2.21. The van der Waals surface area contributed by atoms with Crippen molar-refractivity contribution in [2.24, 2.45) is 11.8 Å². The molecule has 1 unspecified atom stereocenters. The molecule has 1 rings (SSSR count). The van der Waals surface area contributed by atoms with Gasteiger partial charge in [0.25, 0.3) is 0 Å². The van der Waals surface area contributed by atoms with E-state index in [2.05, 4.69) is 6.58 Å². The smallest absolute Gasteiger partial charge is 0.317 e. The topological polar surface area (TPSA) is 43.4 Å². The van der Waals surface area contributed by atoms with Crippen molar-refractivity contribution in [3.63, 3.8) is 0 Å². The summed E-state index contributed by atoms with van der Waals surface area (Å²) in [6, 6.07) is 0. The lowest BCUT2D eigenvalue weighted by atomic mass is 9.88. The van der Waals surface area contributed by atoms with Crippen molar-refractivity contribution >= 4 is 11.8 Å². The van der Waals surface area contributed by atoms with Gasteiger partial charge in [0.05, 0.1) is 0 Å². The molecule has 3 nitrogen and oxygen atoms in total. The van der Waals surface area contributed by atoms with Crippen LogP contribution in [0.3, 0.4) is 0 Å². The van der Waals surface area contributed by atoms with Gasteiger partial charge in [0.15, 0.2) is 0 Å². The molecule has 3 heteroatoms. The van der Waals surface area contributed by atoms with Crippen LogP contribution in [0.25, 0.3) is 0 Å². The van der Waals surface area contributed by atoms with Gasteiger partial charge in [-0.25, -0.2) is 0 Å². The van der Waals surface area contributed by atoms with Crippen LogP contribution >= 0.6 is 0 Å². The van der Waals surface area contributed by atoms with E-state index in [4.69, 9.17) is 4.74 Å². The van der Waals surface area contributed by atoms with Crippen LogP contribution in [-0.4, -0.2) is 18.4 Å². The third-order valence-corrected chi connectivity index (χ3v) is 2.91. The summed E-state index contributed by atoms with van der Waals surface area (Å²) in [6.07, 6.45) is 5.68. The second-order valence-electron chi connectivity index (χ2n) is 4.05. The van der Waals surface area contributed by atoms with Gasteiger partial charge in [-0.1, -0.05) is 25.5 Å². The first-order valence-corrected chi connectivity index (χ1v) is 5.44. The second-order valence-corrected chi connectivity index (χ2v) is 4.05. The molecular weight excluding hydrogens is 192 g/mol. The van der Waals surface area contributed by atoms with E-state index in [1.165, 1.54) is 13.0 Å². The first kappa shape index (κ1) is 12.0. The minimum absolute atomic E-state index is 0.0732. The van der Waals surface area contributed by atoms with E-state index in [9.17, 15) is 9.59 Å². The van der Waals surface area contributed by atoms with E-state index in [0.29, 0.717) is 0 Å². The van der Waals surface area contributed by atoms with Gasteiger partial charge in [-0.3, -0.25) is 9.59 Å². The van der Waals surface area contributed by atoms with E-state index < -0.39 is 5.92 Å². The zero-order chi connectivity index (χ0) is 11.3. The number of ether oxygens (including phenoxy) is 1. The number of rotatable bonds is 5. The molecule has 1 saturated carbocycles. The summed E-state index contributed by atoms with van der Waals surface area (Å²) in [7, 11) is 0. The summed E-state index contributed by atoms with van der Waals surface area (Å²) in [5.41, 5.74) is 0. The molecule has 0 aromatic carbocycles. The molecule has 0 saturated heterocycles. The molecule has 0 aromatic rings. The van der Waals surface area contributed by atoms with Gasteiger partial charge >= 0.3 is 5.97 Å². The molecule has 84 valence electrons. The Kier molecular flexibility index (Phi) is 4.53. The third-order valence-electron chi connectivity index (χ3n) is 2.91. The predicted molar refractivity (Wildman–Crippen MR) is 57.3 cm³/mol. The zero-order valence-electron chi connectivity index (χ0n) is 9.20. The van der Waals surface area contributed by atoms with Crippen molar-refractivity contribution in [2.45, 2.75) is 32.6 Å². The minimum atomic E-state index is -0.549. The zero-order valence-corrected chi connectivity index (χ0v) is 9.20. The lowest BCUT2D eigenvalue weighted by Gasteiger charge is -2.18. The van der Waals surface area contributed by atoms with Crippen LogP contribution in [0.5, 0.6) is 0 Å². The number of carbonyl (C=O) groups is 2. The van der Waals surface area contributed by atoms with Gasteiger partial charge in [-0.05, 0) is 25.7 Å². The Morgan fingerprint density at radius 2 is 2.07 bits per heavy atom. The SMILES string of the molecule is C=CCOC(=O)C(C(C)=O)C1CCCC1. The molecule has 0 heterocycles. The maximum Gasteiger partial charge on any atom is 0.317 e. The van der Waals surface area contributed by atoms with Gasteiger partial charge in [-0.2, -0.15) is 0 Å². The van der Waals surface area contributed by atoms with E-state index in [1.54, 1.807) is 0 Å². The third kappa shape index (κ3) is 3.18. The van der Waals surface area contributed by atoms with Crippen LogP contribution < -0.4 is 0 Å². The molecule has 0 spiro atoms. The lowest BCUT2D eigenvalue weighted by molar-refractivity contribution is -0.152. The highest BCUT2D eigenvalue weighted by Crippen LogP contribution is 2.32. The summed E-state index contributed by atoms with van der Waals surface area (Å²) in [6.45, 7) is 5.13. The van der Waals surface area contributed by atoms with Crippen molar-refractivity contribution in [3.05, 3.63) is 12.7 Å². The largest absolute Gasteiger partial charge is 0.461 e. The number of hydrogen-bond donors (Lipinski definition) is 0. The normalized spacial score (nSPS) is 18.5. The molecular formula is C12H18O3. The van der Waals surface area contributed by atoms with Crippen LogP contribution in [0.4, 0.5) is 0 Å².